The molecule has 1 rings (SSSR count). The van der Waals surface area contributed by atoms with Crippen LogP contribution in [0.3, 0.4) is 0 Å². The molecule has 0 aromatic heterocycles. The number of ether oxygens (including phenoxy) is 1. The molecule has 0 aliphatic rings. The Bertz CT molecular complexity index is 417. The first-order valence-electron chi connectivity index (χ1n) is 6.37. The van der Waals surface area contributed by atoms with Crippen molar-refractivity contribution in [3.05, 3.63) is 27.7 Å². The lowest BCUT2D eigenvalue weighted by Gasteiger charge is -2.20. The van der Waals surface area contributed by atoms with Crippen LogP contribution in [0, 0.1) is 0 Å². The predicted octanol–water partition coefficient (Wildman–Crippen LogP) is 3.64. The van der Waals surface area contributed by atoms with E-state index in [2.05, 4.69) is 12.2 Å². The molecule has 0 aliphatic heterocycles. The highest BCUT2D eigenvalue weighted by Gasteiger charge is 2.17. The number of nitrogens with one attached hydrogen (secondary N) is 1. The third-order valence-electron chi connectivity index (χ3n) is 2.40. The molecule has 19 heavy (non-hydrogen) atoms. The van der Waals surface area contributed by atoms with Gasteiger partial charge in [0.15, 0.2) is 0 Å². The molecule has 0 heterocycles. The van der Waals surface area contributed by atoms with Gasteiger partial charge < -0.3 is 15.2 Å². The summed E-state index contributed by atoms with van der Waals surface area (Å²) >= 11 is 12.2. The van der Waals surface area contributed by atoms with E-state index in [1.165, 1.54) is 0 Å². The van der Waals surface area contributed by atoms with Crippen LogP contribution in [0.15, 0.2) is 12.1 Å². The lowest BCUT2D eigenvalue weighted by atomic mass is 10.1. The molecule has 1 aromatic rings. The number of rotatable bonds is 7. The van der Waals surface area contributed by atoms with Crippen LogP contribution in [-0.4, -0.2) is 23.9 Å². The summed E-state index contributed by atoms with van der Waals surface area (Å²) in [4.78, 5) is 0. The Hall–Kier alpha value is -0.480. The second-order valence-corrected chi connectivity index (χ2v) is 6.00. The van der Waals surface area contributed by atoms with Crippen LogP contribution >= 0.6 is 23.2 Å². The maximum absolute atomic E-state index is 9.72. The number of halogens is 2. The van der Waals surface area contributed by atoms with Gasteiger partial charge in [-0.1, -0.05) is 30.1 Å². The molecule has 5 heteroatoms. The Kier molecular flexibility index (Phi) is 6.40. The standard InChI is InChI=1S/C14H21Cl2NO2/c1-4-5-17-8-10-6-11(15)7-12(16)13(10)19-9-14(2,3)18/h6-7,17-18H,4-5,8-9H2,1-3H3. The largest absolute Gasteiger partial charge is 0.489 e. The molecular weight excluding hydrogens is 285 g/mol. The van der Waals surface area contributed by atoms with Crippen molar-refractivity contribution in [1.29, 1.82) is 0 Å². The van der Waals surface area contributed by atoms with E-state index < -0.39 is 5.60 Å². The smallest absolute Gasteiger partial charge is 0.142 e. The molecule has 0 spiro atoms. The van der Waals surface area contributed by atoms with Gasteiger partial charge in [-0.15, -0.1) is 0 Å². The Morgan fingerprint density at radius 1 is 1.32 bits per heavy atom. The molecule has 2 N–H and O–H groups in total. The molecule has 108 valence electrons. The van der Waals surface area contributed by atoms with Crippen LogP contribution in [0.25, 0.3) is 0 Å². The van der Waals surface area contributed by atoms with Crippen molar-refractivity contribution in [1.82, 2.24) is 5.32 Å². The maximum atomic E-state index is 9.72. The number of hydrogen-bond acceptors (Lipinski definition) is 3. The molecule has 0 fully saturated rings. The van der Waals surface area contributed by atoms with Gasteiger partial charge in [0, 0.05) is 17.1 Å². The van der Waals surface area contributed by atoms with E-state index in [1.54, 1.807) is 19.9 Å². The van der Waals surface area contributed by atoms with Crippen molar-refractivity contribution in [3.63, 3.8) is 0 Å². The summed E-state index contributed by atoms with van der Waals surface area (Å²) in [6.07, 6.45) is 1.05. The average Bonchev–Trinajstić information content (AvgIpc) is 2.26. The number of benzene rings is 1. The highest BCUT2D eigenvalue weighted by atomic mass is 35.5. The minimum absolute atomic E-state index is 0.176. The van der Waals surface area contributed by atoms with Gasteiger partial charge in [-0.05, 0) is 38.9 Å². The van der Waals surface area contributed by atoms with Crippen LogP contribution in [0.1, 0.15) is 32.8 Å². The molecular formula is C14H21Cl2NO2. The molecule has 0 bridgehead atoms. The number of hydrogen-bond donors (Lipinski definition) is 2. The Labute approximate surface area is 124 Å². The van der Waals surface area contributed by atoms with Crippen molar-refractivity contribution < 1.29 is 9.84 Å². The first-order chi connectivity index (χ1) is 8.83. The molecule has 0 atom stereocenters. The van der Waals surface area contributed by atoms with Gasteiger partial charge in [0.25, 0.3) is 0 Å². The zero-order valence-electron chi connectivity index (χ0n) is 11.6. The second-order valence-electron chi connectivity index (χ2n) is 5.15. The van der Waals surface area contributed by atoms with E-state index in [-0.39, 0.29) is 6.61 Å². The summed E-state index contributed by atoms with van der Waals surface area (Å²) in [6.45, 7) is 7.20. The van der Waals surface area contributed by atoms with Crippen molar-refractivity contribution in [3.8, 4) is 5.75 Å². The summed E-state index contributed by atoms with van der Waals surface area (Å²) in [6, 6.07) is 3.47. The highest BCUT2D eigenvalue weighted by molar-refractivity contribution is 6.35. The average molecular weight is 306 g/mol. The Morgan fingerprint density at radius 3 is 2.58 bits per heavy atom. The van der Waals surface area contributed by atoms with Gasteiger partial charge >= 0.3 is 0 Å². The third-order valence-corrected chi connectivity index (χ3v) is 2.90. The Morgan fingerprint density at radius 2 is 2.00 bits per heavy atom. The van der Waals surface area contributed by atoms with Crippen LogP contribution in [0.2, 0.25) is 10.0 Å². The minimum atomic E-state index is -0.906. The summed E-state index contributed by atoms with van der Waals surface area (Å²) in [7, 11) is 0. The van der Waals surface area contributed by atoms with E-state index in [0.29, 0.717) is 22.3 Å². The molecule has 0 saturated heterocycles. The van der Waals surface area contributed by atoms with E-state index in [1.807, 2.05) is 6.07 Å². The first kappa shape index (κ1) is 16.6. The second kappa shape index (κ2) is 7.34. The molecule has 1 aromatic carbocycles. The van der Waals surface area contributed by atoms with Crippen LogP contribution in [0.5, 0.6) is 5.75 Å². The van der Waals surface area contributed by atoms with Crippen molar-refractivity contribution >= 4 is 23.2 Å². The zero-order chi connectivity index (χ0) is 14.5. The summed E-state index contributed by atoms with van der Waals surface area (Å²) in [5.41, 5.74) is -0.00734. The van der Waals surface area contributed by atoms with Gasteiger partial charge in [-0.3, -0.25) is 0 Å². The van der Waals surface area contributed by atoms with Crippen molar-refractivity contribution in [2.24, 2.45) is 0 Å². The summed E-state index contributed by atoms with van der Waals surface area (Å²) in [5, 5.41) is 14.0. The molecule has 0 aliphatic carbocycles. The molecule has 0 unspecified atom stereocenters. The van der Waals surface area contributed by atoms with Crippen molar-refractivity contribution in [2.75, 3.05) is 13.2 Å². The van der Waals surface area contributed by atoms with E-state index in [4.69, 9.17) is 27.9 Å². The summed E-state index contributed by atoms with van der Waals surface area (Å²) in [5.74, 6) is 0.580. The third kappa shape index (κ3) is 6.00. The fourth-order valence-electron chi connectivity index (χ4n) is 1.56. The van der Waals surface area contributed by atoms with E-state index in [0.717, 1.165) is 18.5 Å². The molecule has 0 radical (unpaired) electrons. The summed E-state index contributed by atoms with van der Waals surface area (Å²) < 4.78 is 5.64. The predicted molar refractivity (Wildman–Crippen MR) is 80.3 cm³/mol. The van der Waals surface area contributed by atoms with Gasteiger partial charge in [0.1, 0.15) is 12.4 Å². The fraction of sp³-hybridized carbons (Fsp3) is 0.571. The van der Waals surface area contributed by atoms with Crippen LogP contribution in [0.4, 0.5) is 0 Å². The normalized spacial score (nSPS) is 11.7. The maximum Gasteiger partial charge on any atom is 0.142 e. The number of aliphatic hydroxyl groups is 1. The fourth-order valence-corrected chi connectivity index (χ4v) is 2.15. The topological polar surface area (TPSA) is 41.5 Å². The van der Waals surface area contributed by atoms with Gasteiger partial charge in [0.2, 0.25) is 0 Å². The lowest BCUT2D eigenvalue weighted by molar-refractivity contribution is 0.0282. The SMILES string of the molecule is CCCNCc1cc(Cl)cc(Cl)c1OCC(C)(C)O. The zero-order valence-corrected chi connectivity index (χ0v) is 13.1. The minimum Gasteiger partial charge on any atom is -0.489 e. The van der Waals surface area contributed by atoms with Gasteiger partial charge in [0.05, 0.1) is 10.6 Å². The Balaban J connectivity index is 2.86. The molecule has 0 saturated carbocycles. The van der Waals surface area contributed by atoms with Gasteiger partial charge in [-0.25, -0.2) is 0 Å². The van der Waals surface area contributed by atoms with E-state index in [9.17, 15) is 5.11 Å². The highest BCUT2D eigenvalue weighted by Crippen LogP contribution is 2.33. The lowest BCUT2D eigenvalue weighted by Crippen LogP contribution is -2.28. The van der Waals surface area contributed by atoms with Gasteiger partial charge in [-0.2, -0.15) is 0 Å². The molecule has 0 amide bonds. The van der Waals surface area contributed by atoms with Crippen molar-refractivity contribution in [2.45, 2.75) is 39.3 Å². The van der Waals surface area contributed by atoms with E-state index >= 15 is 0 Å². The van der Waals surface area contributed by atoms with Crippen LogP contribution in [-0.2, 0) is 6.54 Å². The quantitative estimate of drug-likeness (QED) is 0.756. The van der Waals surface area contributed by atoms with Crippen LogP contribution < -0.4 is 10.1 Å². The monoisotopic (exact) mass is 305 g/mol. The first-order valence-corrected chi connectivity index (χ1v) is 7.13. The molecule has 3 nitrogen and oxygen atoms in total.